The summed E-state index contributed by atoms with van der Waals surface area (Å²) in [6.07, 6.45) is 17.3. The molecule has 5 aliphatic heterocycles. The molecule has 3 amide bonds. The molecule has 2 saturated carbocycles. The number of amides is 3. The van der Waals surface area contributed by atoms with E-state index in [1.54, 1.807) is 25.1 Å². The predicted molar refractivity (Wildman–Crippen MR) is 300 cm³/mol. The molecule has 10 rings (SSSR count). The number of aliphatic hydroxyl groups is 1. The Morgan fingerprint density at radius 2 is 1.51 bits per heavy atom. The van der Waals surface area contributed by atoms with Gasteiger partial charge in [0.05, 0.1) is 59.1 Å². The van der Waals surface area contributed by atoms with Crippen molar-refractivity contribution >= 4 is 34.8 Å². The first-order valence-electron chi connectivity index (χ1n) is 29.3. The third-order valence-electron chi connectivity index (χ3n) is 16.8. The van der Waals surface area contributed by atoms with Crippen molar-refractivity contribution in [3.63, 3.8) is 0 Å². The number of likely N-dealkylation sites (tertiary alicyclic amines) is 2. The molecular weight excluding hydrogens is 980 g/mol. The molecular formula is C60H93FN8O8. The maximum absolute atomic E-state index is 14.0. The van der Waals surface area contributed by atoms with Gasteiger partial charge in [0.15, 0.2) is 6.29 Å². The summed E-state index contributed by atoms with van der Waals surface area (Å²) in [7, 11) is 2.11. The third kappa shape index (κ3) is 18.2. The van der Waals surface area contributed by atoms with Crippen molar-refractivity contribution in [1.82, 2.24) is 40.4 Å². The first kappa shape index (κ1) is 61.6. The van der Waals surface area contributed by atoms with Crippen LogP contribution < -0.4 is 16.2 Å². The fraction of sp³-hybridized carbons (Fsp3) is 0.700. The van der Waals surface area contributed by atoms with Crippen LogP contribution in [0.25, 0.3) is 10.8 Å². The number of aldehydes is 1. The number of benzene rings is 2. The highest BCUT2D eigenvalue weighted by Crippen LogP contribution is 2.49. The van der Waals surface area contributed by atoms with Crippen LogP contribution in [0.5, 0.6) is 0 Å². The van der Waals surface area contributed by atoms with Crippen molar-refractivity contribution in [2.45, 2.75) is 174 Å². The predicted octanol–water partition coefficient (Wildman–Crippen LogP) is 7.29. The quantitative estimate of drug-likeness (QED) is 0.0830. The van der Waals surface area contributed by atoms with Crippen molar-refractivity contribution in [2.75, 3.05) is 85.6 Å². The number of nitrogens with zero attached hydrogens (tertiary/aromatic N) is 5. The van der Waals surface area contributed by atoms with Crippen molar-refractivity contribution in [3.05, 3.63) is 75.5 Å². The maximum atomic E-state index is 14.0. The Labute approximate surface area is 457 Å². The van der Waals surface area contributed by atoms with Crippen molar-refractivity contribution in [2.24, 2.45) is 11.3 Å². The van der Waals surface area contributed by atoms with E-state index in [1.807, 2.05) is 21.9 Å². The summed E-state index contributed by atoms with van der Waals surface area (Å²) in [6, 6.07) is 11.1. The second kappa shape index (κ2) is 30.6. The largest absolute Gasteiger partial charge is 0.393 e. The van der Waals surface area contributed by atoms with Crippen LogP contribution in [0.2, 0.25) is 0 Å². The summed E-state index contributed by atoms with van der Waals surface area (Å²) in [5, 5.41) is 23.0. The molecule has 0 radical (unpaired) electrons. The van der Waals surface area contributed by atoms with E-state index in [9.17, 15) is 28.4 Å². The molecule has 0 spiro atoms. The molecule has 2 aliphatic carbocycles. The number of likely N-dealkylation sites (N-methyl/N-ethyl adjacent to an activating group) is 1. The fourth-order valence-electron chi connectivity index (χ4n) is 11.3. The van der Waals surface area contributed by atoms with Gasteiger partial charge in [0.25, 0.3) is 5.56 Å². The second-order valence-corrected chi connectivity index (χ2v) is 22.9. The molecule has 2 unspecified atom stereocenters. The molecule has 16 nitrogen and oxygen atoms in total. The lowest BCUT2D eigenvalue weighted by molar-refractivity contribution is -0.185. The van der Waals surface area contributed by atoms with E-state index in [2.05, 4.69) is 65.4 Å². The number of halogens is 1. The van der Waals surface area contributed by atoms with Crippen LogP contribution in [0.1, 0.15) is 159 Å². The van der Waals surface area contributed by atoms with Crippen LogP contribution in [-0.4, -0.2) is 175 Å². The minimum absolute atomic E-state index is 0.0150. The number of unbranched alkanes of at least 4 members (excludes halogenated alkanes) is 1. The number of hydrogen-bond donors (Lipinski definition) is 4. The molecule has 3 aromatic rings. The fourth-order valence-corrected chi connectivity index (χ4v) is 11.3. The van der Waals surface area contributed by atoms with Gasteiger partial charge < -0.3 is 39.9 Å². The van der Waals surface area contributed by atoms with Gasteiger partial charge in [-0.15, -0.1) is 0 Å². The van der Waals surface area contributed by atoms with Gasteiger partial charge in [-0.25, -0.2) is 9.49 Å². The van der Waals surface area contributed by atoms with E-state index >= 15 is 0 Å². The molecule has 2 atom stereocenters. The van der Waals surface area contributed by atoms with E-state index in [0.29, 0.717) is 50.0 Å². The van der Waals surface area contributed by atoms with E-state index < -0.39 is 17.3 Å². The number of piperazine rings is 1. The molecule has 4 N–H and O–H groups in total. The van der Waals surface area contributed by atoms with Crippen molar-refractivity contribution < 1.29 is 38.1 Å². The van der Waals surface area contributed by atoms with E-state index in [1.165, 1.54) is 31.4 Å². The zero-order chi connectivity index (χ0) is 55.4. The van der Waals surface area contributed by atoms with E-state index in [0.717, 1.165) is 147 Å². The number of hydrogen-bond acceptors (Lipinski definition) is 12. The molecule has 7 aliphatic rings. The molecule has 5 saturated heterocycles. The summed E-state index contributed by atoms with van der Waals surface area (Å²) in [5.74, 6) is 0.0738. The number of carbonyl (C=O) groups is 4. The van der Waals surface area contributed by atoms with Crippen LogP contribution in [0.15, 0.2) is 47.3 Å². The third-order valence-corrected chi connectivity index (χ3v) is 16.8. The standard InChI is InChI=1S/C34H57N5O5.C16H11FN2O2.C6H15NO.C4H10/c1-33-12-14-34(15-13-33,25-43-33)32(42)35-30(26-6-4-3-5-7-26)31(41)39-18-10-28(11-19-39)44-27-8-16-37(17-9-27)24-29(40)38-22-20-36(2)21-23-38;17-14-6-5-10(7-11(14)9-20)8-15-12-3-1-2-4-13(12)16(21)19-18-15;1-3-7-5-4-6(2)8;1-3-4-2/h26-28,30H,3-25H2,1-2H3,(H,35,42);1-7,9H,8H2,(H,19,21);6-8H,3-5H2,1-2H3;3-4H2,1-2H3. The van der Waals surface area contributed by atoms with Crippen LogP contribution in [0, 0.1) is 17.2 Å². The van der Waals surface area contributed by atoms with Gasteiger partial charge in [0.2, 0.25) is 17.7 Å². The molecule has 428 valence electrons. The molecule has 17 heteroatoms. The number of H-pyrrole nitrogens is 1. The van der Waals surface area contributed by atoms with Crippen LogP contribution in [-0.2, 0) is 30.3 Å². The summed E-state index contributed by atoms with van der Waals surface area (Å²) in [4.78, 5) is 71.6. The Bertz CT molecular complexity index is 2350. The monoisotopic (exact) mass is 1070 g/mol. The first-order valence-corrected chi connectivity index (χ1v) is 29.3. The van der Waals surface area contributed by atoms with Gasteiger partial charge in [-0.1, -0.05) is 77.1 Å². The highest BCUT2D eigenvalue weighted by molar-refractivity contribution is 5.91. The molecule has 7 fully saturated rings. The Morgan fingerprint density at radius 3 is 2.09 bits per heavy atom. The lowest BCUT2D eigenvalue weighted by atomic mass is 9.66. The number of nitrogens with one attached hydrogen (secondary N) is 3. The number of aromatic nitrogens is 2. The maximum Gasteiger partial charge on any atom is 0.272 e. The molecule has 6 heterocycles. The second-order valence-electron chi connectivity index (χ2n) is 22.9. The topological polar surface area (TPSA) is 190 Å². The van der Waals surface area contributed by atoms with Crippen LogP contribution >= 0.6 is 0 Å². The number of carbonyl (C=O) groups excluding carboxylic acids is 4. The number of rotatable bonds is 16. The van der Waals surface area contributed by atoms with Gasteiger partial charge in [-0.2, -0.15) is 5.10 Å². The van der Waals surface area contributed by atoms with Crippen LogP contribution in [0.4, 0.5) is 4.39 Å². The molecule has 1 aromatic heterocycles. The van der Waals surface area contributed by atoms with E-state index in [-0.39, 0.29) is 58.7 Å². The number of aliphatic hydroxyl groups excluding tert-OH is 1. The van der Waals surface area contributed by atoms with Gasteiger partial charge >= 0.3 is 0 Å². The molecule has 77 heavy (non-hydrogen) atoms. The lowest BCUT2D eigenvalue weighted by Gasteiger charge is -2.51. The average Bonchev–Trinajstić information content (AvgIpc) is 3.45. The summed E-state index contributed by atoms with van der Waals surface area (Å²) >= 11 is 0. The SMILES string of the molecule is CCCC.CCNCCC(C)O.CN1CCN(C(=O)CN2CCC(OC3CCN(C(=O)C(NC(=O)C45CCC(C)(CC4)OC5)C4CCCCC4)CC3)CC2)CC1.O=Cc1cc(Cc2n[nH]c(=O)c3ccccc23)ccc1F. The number of ether oxygens (including phenoxy) is 2. The normalized spacial score (nSPS) is 23.3. The number of piperidine rings is 2. The lowest BCUT2D eigenvalue weighted by Crippen LogP contribution is -2.61. The van der Waals surface area contributed by atoms with Crippen LogP contribution in [0.3, 0.4) is 0 Å². The Balaban J connectivity index is 0.000000239. The Kier molecular flexibility index (Phi) is 24.5. The highest BCUT2D eigenvalue weighted by Gasteiger charge is 2.52. The smallest absolute Gasteiger partial charge is 0.272 e. The average molecular weight is 1070 g/mol. The van der Waals surface area contributed by atoms with Gasteiger partial charge in [-0.05, 0) is 134 Å². The zero-order valence-corrected chi connectivity index (χ0v) is 47.4. The Morgan fingerprint density at radius 1 is 0.870 bits per heavy atom. The summed E-state index contributed by atoms with van der Waals surface area (Å²) < 4.78 is 26.0. The Hall–Kier alpha value is -4.65. The minimum Gasteiger partial charge on any atom is -0.393 e. The summed E-state index contributed by atoms with van der Waals surface area (Å²) in [6.45, 7) is 20.1. The van der Waals surface area contributed by atoms with E-state index in [4.69, 9.17) is 14.6 Å². The number of aromatic amines is 1. The molecule has 2 aromatic carbocycles. The van der Waals surface area contributed by atoms with Gasteiger partial charge in [0, 0.05) is 64.2 Å². The van der Waals surface area contributed by atoms with Gasteiger partial charge in [0.1, 0.15) is 11.9 Å². The zero-order valence-electron chi connectivity index (χ0n) is 47.4. The van der Waals surface area contributed by atoms with Crippen molar-refractivity contribution in [1.29, 1.82) is 0 Å². The first-order chi connectivity index (χ1) is 37.1. The minimum atomic E-state index is -0.548. The van der Waals surface area contributed by atoms with Gasteiger partial charge in [-0.3, -0.25) is 28.9 Å². The summed E-state index contributed by atoms with van der Waals surface area (Å²) in [5.41, 5.74) is 0.646. The highest BCUT2D eigenvalue weighted by atomic mass is 19.1. The molecule has 2 bridgehead atoms. The number of fused-ring (bicyclic) bond motifs is 4. The van der Waals surface area contributed by atoms with Crippen molar-refractivity contribution in [3.8, 4) is 0 Å².